The summed E-state index contributed by atoms with van der Waals surface area (Å²) in [6.07, 6.45) is 3.30. The Labute approximate surface area is 115 Å². The van der Waals surface area contributed by atoms with E-state index in [1.165, 1.54) is 12.1 Å². The molecule has 2 unspecified atom stereocenters. The fourth-order valence-electron chi connectivity index (χ4n) is 2.74. The molecule has 4 heteroatoms. The van der Waals surface area contributed by atoms with Crippen molar-refractivity contribution < 1.29 is 9.18 Å². The predicted octanol–water partition coefficient (Wildman–Crippen LogP) is 3.68. The van der Waals surface area contributed by atoms with Crippen LogP contribution in [0.2, 0.25) is 0 Å². The van der Waals surface area contributed by atoms with Gasteiger partial charge in [0.2, 0.25) is 0 Å². The van der Waals surface area contributed by atoms with E-state index in [-0.39, 0.29) is 11.3 Å². The van der Waals surface area contributed by atoms with Gasteiger partial charge in [-0.2, -0.15) is 0 Å². The Kier molecular flexibility index (Phi) is 3.87. The number of ketones is 1. The van der Waals surface area contributed by atoms with Crippen molar-refractivity contribution in [2.24, 2.45) is 11.7 Å². The lowest BCUT2D eigenvalue weighted by atomic mass is 9.73. The fourth-order valence-corrected chi connectivity index (χ4v) is 3.10. The maximum atomic E-state index is 13.7. The first-order valence-electron chi connectivity index (χ1n) is 6.21. The van der Waals surface area contributed by atoms with Gasteiger partial charge in [0.1, 0.15) is 5.82 Å². The van der Waals surface area contributed by atoms with Crippen molar-refractivity contribution in [1.29, 1.82) is 0 Å². The van der Waals surface area contributed by atoms with Gasteiger partial charge in [0.25, 0.3) is 0 Å². The Morgan fingerprint density at radius 2 is 2.28 bits per heavy atom. The first-order chi connectivity index (χ1) is 8.42. The number of carbonyl (C=O) groups is 1. The summed E-state index contributed by atoms with van der Waals surface area (Å²) in [6, 6.07) is 4.40. The molecule has 0 spiro atoms. The minimum Gasteiger partial charge on any atom is -0.319 e. The fraction of sp³-hybridized carbons (Fsp3) is 0.500. The van der Waals surface area contributed by atoms with E-state index in [2.05, 4.69) is 22.9 Å². The van der Waals surface area contributed by atoms with E-state index in [9.17, 15) is 9.18 Å². The highest BCUT2D eigenvalue weighted by Gasteiger charge is 2.39. The first-order valence-corrected chi connectivity index (χ1v) is 7.00. The summed E-state index contributed by atoms with van der Waals surface area (Å²) in [5, 5.41) is 0. The summed E-state index contributed by atoms with van der Waals surface area (Å²) in [4.78, 5) is 12.5. The zero-order valence-corrected chi connectivity index (χ0v) is 12.0. The number of nitrogens with two attached hydrogens (primary N) is 1. The molecule has 1 aromatic carbocycles. The summed E-state index contributed by atoms with van der Waals surface area (Å²) in [6.45, 7) is 2.09. The molecule has 0 heterocycles. The molecule has 2 rings (SSSR count). The lowest BCUT2D eigenvalue weighted by Gasteiger charge is -2.35. The SMILES string of the molecule is CC1CCCC(N)(C(=O)c2cc(Br)ccc2F)C1. The Balaban J connectivity index is 2.32. The molecule has 2 atom stereocenters. The van der Waals surface area contributed by atoms with Gasteiger partial charge >= 0.3 is 0 Å². The second-order valence-electron chi connectivity index (χ2n) is 5.31. The van der Waals surface area contributed by atoms with Crippen LogP contribution < -0.4 is 5.73 Å². The first kappa shape index (κ1) is 13.7. The van der Waals surface area contributed by atoms with Crippen LogP contribution in [0.25, 0.3) is 0 Å². The molecule has 1 fully saturated rings. The lowest BCUT2D eigenvalue weighted by Crippen LogP contribution is -2.51. The second kappa shape index (κ2) is 5.10. The maximum absolute atomic E-state index is 13.7. The van der Waals surface area contributed by atoms with Gasteiger partial charge in [-0.1, -0.05) is 35.7 Å². The standard InChI is InChI=1S/C14H17BrFNO/c1-9-3-2-6-14(17,8-9)13(18)11-7-10(15)4-5-12(11)16/h4-5,7,9H,2-3,6,8,17H2,1H3. The van der Waals surface area contributed by atoms with Crippen molar-refractivity contribution in [3.05, 3.63) is 34.1 Å². The van der Waals surface area contributed by atoms with E-state index < -0.39 is 11.4 Å². The summed E-state index contributed by atoms with van der Waals surface area (Å²) >= 11 is 3.26. The largest absolute Gasteiger partial charge is 0.319 e. The zero-order chi connectivity index (χ0) is 13.3. The van der Waals surface area contributed by atoms with Crippen molar-refractivity contribution in [1.82, 2.24) is 0 Å². The predicted molar refractivity (Wildman–Crippen MR) is 73.0 cm³/mol. The molecule has 0 radical (unpaired) electrons. The summed E-state index contributed by atoms with van der Waals surface area (Å²) < 4.78 is 14.4. The average molecular weight is 314 g/mol. The van der Waals surface area contributed by atoms with Crippen LogP contribution in [-0.4, -0.2) is 11.3 Å². The van der Waals surface area contributed by atoms with Crippen LogP contribution in [0.1, 0.15) is 43.0 Å². The van der Waals surface area contributed by atoms with Gasteiger partial charge < -0.3 is 5.73 Å². The molecule has 0 amide bonds. The minimum absolute atomic E-state index is 0.0981. The van der Waals surface area contributed by atoms with Gasteiger partial charge in [-0.3, -0.25) is 4.79 Å². The molecule has 1 aliphatic rings. The van der Waals surface area contributed by atoms with Gasteiger partial charge in [-0.05, 0) is 37.0 Å². The minimum atomic E-state index is -0.903. The van der Waals surface area contributed by atoms with Crippen molar-refractivity contribution >= 4 is 21.7 Å². The zero-order valence-electron chi connectivity index (χ0n) is 10.4. The third kappa shape index (κ3) is 2.64. The number of benzene rings is 1. The Morgan fingerprint density at radius 1 is 1.56 bits per heavy atom. The lowest BCUT2D eigenvalue weighted by molar-refractivity contribution is 0.0815. The third-order valence-corrected chi connectivity index (χ3v) is 4.15. The average Bonchev–Trinajstić information content (AvgIpc) is 2.31. The highest BCUT2D eigenvalue weighted by Crippen LogP contribution is 2.33. The molecular formula is C14H17BrFNO. The van der Waals surface area contributed by atoms with E-state index in [0.29, 0.717) is 23.2 Å². The van der Waals surface area contributed by atoms with E-state index >= 15 is 0 Å². The van der Waals surface area contributed by atoms with Crippen LogP contribution in [0.4, 0.5) is 4.39 Å². The smallest absolute Gasteiger partial charge is 0.185 e. The molecule has 1 aromatic rings. The molecule has 1 aliphatic carbocycles. The number of carbonyl (C=O) groups excluding carboxylic acids is 1. The van der Waals surface area contributed by atoms with Crippen LogP contribution in [0.3, 0.4) is 0 Å². The van der Waals surface area contributed by atoms with E-state index in [1.54, 1.807) is 6.07 Å². The van der Waals surface area contributed by atoms with Crippen molar-refractivity contribution in [2.45, 2.75) is 38.1 Å². The summed E-state index contributed by atoms with van der Waals surface area (Å²) in [5.41, 5.74) is 5.41. The molecule has 0 aromatic heterocycles. The molecule has 2 N–H and O–H groups in total. The Morgan fingerprint density at radius 3 is 2.94 bits per heavy atom. The van der Waals surface area contributed by atoms with Gasteiger partial charge in [-0.15, -0.1) is 0 Å². The highest BCUT2D eigenvalue weighted by molar-refractivity contribution is 9.10. The van der Waals surface area contributed by atoms with Gasteiger partial charge in [-0.25, -0.2) is 4.39 Å². The molecule has 0 bridgehead atoms. The van der Waals surface area contributed by atoms with Crippen LogP contribution >= 0.6 is 15.9 Å². The number of halogens is 2. The molecule has 1 saturated carbocycles. The molecular weight excluding hydrogens is 297 g/mol. The highest BCUT2D eigenvalue weighted by atomic mass is 79.9. The molecule has 18 heavy (non-hydrogen) atoms. The van der Waals surface area contributed by atoms with Crippen molar-refractivity contribution in [3.8, 4) is 0 Å². The van der Waals surface area contributed by atoms with E-state index in [1.807, 2.05) is 0 Å². The number of hydrogen-bond acceptors (Lipinski definition) is 2. The molecule has 2 nitrogen and oxygen atoms in total. The Bertz CT molecular complexity index is 477. The number of Topliss-reactive ketones (excluding diaryl/α,β-unsaturated/α-hetero) is 1. The Hall–Kier alpha value is -0.740. The summed E-state index contributed by atoms with van der Waals surface area (Å²) in [7, 11) is 0. The normalized spacial score (nSPS) is 28.1. The maximum Gasteiger partial charge on any atom is 0.185 e. The number of hydrogen-bond donors (Lipinski definition) is 1. The molecule has 0 aliphatic heterocycles. The van der Waals surface area contributed by atoms with E-state index in [4.69, 9.17) is 5.73 Å². The van der Waals surface area contributed by atoms with Gasteiger partial charge in [0, 0.05) is 4.47 Å². The van der Waals surface area contributed by atoms with Crippen molar-refractivity contribution in [3.63, 3.8) is 0 Å². The molecule has 0 saturated heterocycles. The van der Waals surface area contributed by atoms with Gasteiger partial charge in [0.15, 0.2) is 5.78 Å². The summed E-state index contributed by atoms with van der Waals surface area (Å²) in [5.74, 6) is -0.345. The number of rotatable bonds is 2. The topological polar surface area (TPSA) is 43.1 Å². The van der Waals surface area contributed by atoms with Crippen LogP contribution in [0.5, 0.6) is 0 Å². The van der Waals surface area contributed by atoms with Crippen LogP contribution in [0, 0.1) is 11.7 Å². The van der Waals surface area contributed by atoms with Crippen LogP contribution in [-0.2, 0) is 0 Å². The van der Waals surface area contributed by atoms with Crippen LogP contribution in [0.15, 0.2) is 22.7 Å². The quantitative estimate of drug-likeness (QED) is 0.846. The monoisotopic (exact) mass is 313 g/mol. The van der Waals surface area contributed by atoms with Crippen molar-refractivity contribution in [2.75, 3.05) is 0 Å². The van der Waals surface area contributed by atoms with Gasteiger partial charge in [0.05, 0.1) is 11.1 Å². The van der Waals surface area contributed by atoms with E-state index in [0.717, 1.165) is 12.8 Å². The second-order valence-corrected chi connectivity index (χ2v) is 6.23. The third-order valence-electron chi connectivity index (χ3n) is 3.66. The molecule has 98 valence electrons.